The second-order valence-electron chi connectivity index (χ2n) is 4.12. The van der Waals surface area contributed by atoms with Crippen LogP contribution in [0.2, 0.25) is 0 Å². The topological polar surface area (TPSA) is 39.1 Å². The molecular weight excluding hydrogens is 243 g/mol. The minimum Gasteiger partial charge on any atom is -0.308 e. The lowest BCUT2D eigenvalue weighted by atomic mass is 10.1. The number of likely N-dealkylation sites (N-methyl/N-ethyl adjacent to an activating group) is 1. The van der Waals surface area contributed by atoms with Crippen molar-refractivity contribution < 1.29 is 13.2 Å². The van der Waals surface area contributed by atoms with Gasteiger partial charge in [0.15, 0.2) is 17.5 Å². The summed E-state index contributed by atoms with van der Waals surface area (Å²) in [5, 5.41) is 11.8. The van der Waals surface area contributed by atoms with Gasteiger partial charge in [-0.1, -0.05) is 0 Å². The molecule has 0 aliphatic rings. The fraction of sp³-hybridized carbons (Fsp3) is 0.417. The average Bonchev–Trinajstić information content (AvgIpc) is 2.30. The maximum absolute atomic E-state index is 13.0. The van der Waals surface area contributed by atoms with E-state index in [1.165, 1.54) is 0 Å². The maximum atomic E-state index is 13.0. The number of nitrogens with one attached hydrogen (secondary N) is 1. The average molecular weight is 257 g/mol. The Morgan fingerprint density at radius 3 is 2.28 bits per heavy atom. The highest BCUT2D eigenvalue weighted by atomic mass is 19.2. The molecule has 0 bridgehead atoms. The van der Waals surface area contributed by atoms with Gasteiger partial charge in [-0.2, -0.15) is 5.26 Å². The van der Waals surface area contributed by atoms with Crippen LogP contribution in [0, 0.1) is 28.8 Å². The first-order valence-corrected chi connectivity index (χ1v) is 5.38. The minimum atomic E-state index is -1.52. The molecule has 98 valence electrons. The van der Waals surface area contributed by atoms with Crippen molar-refractivity contribution in [3.8, 4) is 6.07 Å². The van der Waals surface area contributed by atoms with E-state index in [0.717, 1.165) is 12.1 Å². The number of hydrogen-bond acceptors (Lipinski definition) is 3. The van der Waals surface area contributed by atoms with Gasteiger partial charge in [-0.25, -0.2) is 13.2 Å². The van der Waals surface area contributed by atoms with Gasteiger partial charge in [-0.15, -0.1) is 0 Å². The lowest BCUT2D eigenvalue weighted by Crippen LogP contribution is -2.29. The van der Waals surface area contributed by atoms with Crippen LogP contribution < -0.4 is 5.32 Å². The number of rotatable bonds is 5. The molecule has 0 amide bonds. The molecule has 0 radical (unpaired) electrons. The minimum absolute atomic E-state index is 0.0765. The van der Waals surface area contributed by atoms with Gasteiger partial charge in [-0.05, 0) is 31.8 Å². The summed E-state index contributed by atoms with van der Waals surface area (Å²) in [5.41, 5.74) is 0.0765. The van der Waals surface area contributed by atoms with E-state index < -0.39 is 23.5 Å². The fourth-order valence-corrected chi connectivity index (χ4v) is 1.41. The molecule has 0 heterocycles. The van der Waals surface area contributed by atoms with Crippen molar-refractivity contribution in [1.82, 2.24) is 10.2 Å². The van der Waals surface area contributed by atoms with Gasteiger partial charge in [0.2, 0.25) is 0 Å². The third kappa shape index (κ3) is 3.72. The van der Waals surface area contributed by atoms with E-state index in [1.807, 2.05) is 25.1 Å². The summed E-state index contributed by atoms with van der Waals surface area (Å²) < 4.78 is 38.8. The molecule has 3 nitrogen and oxygen atoms in total. The van der Waals surface area contributed by atoms with Crippen LogP contribution in [0.15, 0.2) is 12.1 Å². The first-order chi connectivity index (χ1) is 8.45. The summed E-state index contributed by atoms with van der Waals surface area (Å²) in [6.07, 6.45) is 0. The van der Waals surface area contributed by atoms with Crippen LogP contribution in [-0.2, 0) is 0 Å². The summed E-state index contributed by atoms with van der Waals surface area (Å²) >= 11 is 0. The summed E-state index contributed by atoms with van der Waals surface area (Å²) in [6.45, 7) is 1.15. The van der Waals surface area contributed by atoms with E-state index in [1.54, 1.807) is 0 Å². The molecule has 1 atom stereocenters. The van der Waals surface area contributed by atoms with E-state index in [-0.39, 0.29) is 5.56 Å². The predicted molar refractivity (Wildman–Crippen MR) is 61.2 cm³/mol. The Bertz CT molecular complexity index is 431. The first-order valence-electron chi connectivity index (χ1n) is 5.38. The van der Waals surface area contributed by atoms with Gasteiger partial charge >= 0.3 is 0 Å². The number of hydrogen-bond donors (Lipinski definition) is 1. The standard InChI is InChI=1S/C12H14F3N3/c1-18(2)4-3-17-11(7-16)8-5-9(13)12(15)10(14)6-8/h5-6,11,17H,3-4H2,1-2H3. The van der Waals surface area contributed by atoms with Crippen molar-refractivity contribution >= 4 is 0 Å². The van der Waals surface area contributed by atoms with Crippen molar-refractivity contribution in [2.24, 2.45) is 0 Å². The van der Waals surface area contributed by atoms with Crippen LogP contribution in [0.5, 0.6) is 0 Å². The second-order valence-corrected chi connectivity index (χ2v) is 4.12. The van der Waals surface area contributed by atoms with E-state index in [2.05, 4.69) is 5.32 Å². The Morgan fingerprint density at radius 2 is 1.83 bits per heavy atom. The zero-order chi connectivity index (χ0) is 13.7. The van der Waals surface area contributed by atoms with Crippen molar-refractivity contribution in [2.45, 2.75) is 6.04 Å². The number of halogens is 3. The van der Waals surface area contributed by atoms with Crippen LogP contribution in [0.25, 0.3) is 0 Å². The molecule has 0 aliphatic carbocycles. The van der Waals surface area contributed by atoms with Gasteiger partial charge in [0, 0.05) is 13.1 Å². The largest absolute Gasteiger partial charge is 0.308 e. The number of benzene rings is 1. The Labute approximate surface area is 104 Å². The molecule has 0 spiro atoms. The molecule has 0 saturated heterocycles. The molecule has 1 N–H and O–H groups in total. The van der Waals surface area contributed by atoms with Gasteiger partial charge in [0.1, 0.15) is 6.04 Å². The van der Waals surface area contributed by atoms with Gasteiger partial charge < -0.3 is 4.90 Å². The monoisotopic (exact) mass is 257 g/mol. The molecule has 0 saturated carbocycles. The fourth-order valence-electron chi connectivity index (χ4n) is 1.41. The lowest BCUT2D eigenvalue weighted by Gasteiger charge is -2.15. The van der Waals surface area contributed by atoms with E-state index in [9.17, 15) is 13.2 Å². The second kappa shape index (κ2) is 6.38. The zero-order valence-electron chi connectivity index (χ0n) is 10.2. The SMILES string of the molecule is CN(C)CCNC(C#N)c1cc(F)c(F)c(F)c1. The Hall–Kier alpha value is -1.58. The molecule has 0 fully saturated rings. The van der Waals surface area contributed by atoms with Crippen LogP contribution >= 0.6 is 0 Å². The van der Waals surface area contributed by atoms with Crippen LogP contribution in [0.1, 0.15) is 11.6 Å². The normalized spacial score (nSPS) is 12.5. The van der Waals surface area contributed by atoms with Crippen LogP contribution in [-0.4, -0.2) is 32.1 Å². The van der Waals surface area contributed by atoms with Gasteiger partial charge in [0.25, 0.3) is 0 Å². The number of nitriles is 1. The first kappa shape index (κ1) is 14.5. The zero-order valence-corrected chi connectivity index (χ0v) is 10.2. The summed E-state index contributed by atoms with van der Waals surface area (Å²) in [6, 6.07) is 2.67. The van der Waals surface area contributed by atoms with Crippen molar-refractivity contribution in [1.29, 1.82) is 5.26 Å². The molecule has 0 aromatic heterocycles. The van der Waals surface area contributed by atoms with Crippen molar-refractivity contribution in [3.05, 3.63) is 35.1 Å². The molecule has 18 heavy (non-hydrogen) atoms. The quantitative estimate of drug-likeness (QED) is 0.818. The predicted octanol–water partition coefficient (Wildman–Crippen LogP) is 1.82. The molecular formula is C12H14F3N3. The number of nitrogens with zero attached hydrogens (tertiary/aromatic N) is 2. The Morgan fingerprint density at radius 1 is 1.28 bits per heavy atom. The highest BCUT2D eigenvalue weighted by Gasteiger charge is 2.16. The third-order valence-electron chi connectivity index (χ3n) is 2.38. The van der Waals surface area contributed by atoms with Gasteiger partial charge in [0.05, 0.1) is 6.07 Å². The van der Waals surface area contributed by atoms with Crippen molar-refractivity contribution in [3.63, 3.8) is 0 Å². The lowest BCUT2D eigenvalue weighted by molar-refractivity contribution is 0.393. The Kier molecular flexibility index (Phi) is 5.13. The molecule has 6 heteroatoms. The smallest absolute Gasteiger partial charge is 0.194 e. The van der Waals surface area contributed by atoms with Crippen LogP contribution in [0.4, 0.5) is 13.2 Å². The molecule has 1 unspecified atom stereocenters. The molecule has 0 aliphatic heterocycles. The maximum Gasteiger partial charge on any atom is 0.194 e. The van der Waals surface area contributed by atoms with Crippen LogP contribution in [0.3, 0.4) is 0 Å². The molecule has 1 aromatic rings. The van der Waals surface area contributed by atoms with E-state index in [4.69, 9.17) is 5.26 Å². The Balaban J connectivity index is 2.80. The summed E-state index contributed by atoms with van der Waals surface area (Å²) in [4.78, 5) is 1.90. The van der Waals surface area contributed by atoms with Gasteiger partial charge in [-0.3, -0.25) is 5.32 Å². The summed E-state index contributed by atoms with van der Waals surface area (Å²) in [7, 11) is 3.72. The van der Waals surface area contributed by atoms with Crippen molar-refractivity contribution in [2.75, 3.05) is 27.2 Å². The highest BCUT2D eigenvalue weighted by Crippen LogP contribution is 2.18. The summed E-state index contributed by atoms with van der Waals surface area (Å²) in [5.74, 6) is -4.11. The highest BCUT2D eigenvalue weighted by molar-refractivity contribution is 5.26. The van der Waals surface area contributed by atoms with E-state index >= 15 is 0 Å². The van der Waals surface area contributed by atoms with E-state index in [0.29, 0.717) is 13.1 Å². The third-order valence-corrected chi connectivity index (χ3v) is 2.38. The molecule has 1 aromatic carbocycles. The molecule has 1 rings (SSSR count).